The molecule has 0 amide bonds. The fraction of sp³-hybridized carbons (Fsp3) is 0.500. The van der Waals surface area contributed by atoms with Crippen LogP contribution in [0.1, 0.15) is 42.2 Å². The molecule has 15 heavy (non-hydrogen) atoms. The molecule has 5 nitrogen and oxygen atoms in total. The van der Waals surface area contributed by atoms with Crippen molar-refractivity contribution in [3.63, 3.8) is 0 Å². The van der Waals surface area contributed by atoms with Crippen LogP contribution in [0.25, 0.3) is 0 Å². The van der Waals surface area contributed by atoms with Gasteiger partial charge in [-0.3, -0.25) is 0 Å². The van der Waals surface area contributed by atoms with Crippen molar-refractivity contribution in [3.05, 3.63) is 23.8 Å². The normalized spacial score (nSPS) is 25.4. The molecule has 1 fully saturated rings. The van der Waals surface area contributed by atoms with E-state index >= 15 is 0 Å². The van der Waals surface area contributed by atoms with Gasteiger partial charge in [0.15, 0.2) is 11.5 Å². The molecule has 0 aliphatic carbocycles. The molecule has 1 aliphatic rings. The van der Waals surface area contributed by atoms with Crippen molar-refractivity contribution < 1.29 is 14.6 Å². The standard InChI is InChI=1S/C10H12N2O3/c1-6-2-3-8(15-6)9-11-5-4-7(12-9)10(13)14/h4-6,8H,2-3H2,1H3,(H,13,14). The molecular weight excluding hydrogens is 196 g/mol. The van der Waals surface area contributed by atoms with E-state index in [1.165, 1.54) is 12.3 Å². The molecule has 2 unspecified atom stereocenters. The van der Waals surface area contributed by atoms with E-state index in [1.54, 1.807) is 0 Å². The summed E-state index contributed by atoms with van der Waals surface area (Å²) in [6.07, 6.45) is 3.32. The van der Waals surface area contributed by atoms with E-state index in [1.807, 2.05) is 6.92 Å². The highest BCUT2D eigenvalue weighted by molar-refractivity contribution is 5.85. The summed E-state index contributed by atoms with van der Waals surface area (Å²) in [6.45, 7) is 1.99. The quantitative estimate of drug-likeness (QED) is 0.795. The molecule has 1 aromatic rings. The van der Waals surface area contributed by atoms with Crippen molar-refractivity contribution in [2.75, 3.05) is 0 Å². The number of hydrogen-bond donors (Lipinski definition) is 1. The van der Waals surface area contributed by atoms with Crippen molar-refractivity contribution in [2.24, 2.45) is 0 Å². The van der Waals surface area contributed by atoms with Crippen molar-refractivity contribution in [1.29, 1.82) is 0 Å². The highest BCUT2D eigenvalue weighted by Gasteiger charge is 2.26. The summed E-state index contributed by atoms with van der Waals surface area (Å²) in [4.78, 5) is 18.7. The van der Waals surface area contributed by atoms with E-state index in [2.05, 4.69) is 9.97 Å². The van der Waals surface area contributed by atoms with Gasteiger partial charge >= 0.3 is 5.97 Å². The van der Waals surface area contributed by atoms with Crippen LogP contribution < -0.4 is 0 Å². The zero-order valence-corrected chi connectivity index (χ0v) is 8.38. The molecule has 80 valence electrons. The Hall–Kier alpha value is -1.49. The highest BCUT2D eigenvalue weighted by atomic mass is 16.5. The Kier molecular flexibility index (Phi) is 2.64. The van der Waals surface area contributed by atoms with Crippen LogP contribution in [-0.4, -0.2) is 27.1 Å². The van der Waals surface area contributed by atoms with Crippen LogP contribution in [-0.2, 0) is 4.74 Å². The Balaban J connectivity index is 2.21. The highest BCUT2D eigenvalue weighted by Crippen LogP contribution is 2.30. The zero-order valence-electron chi connectivity index (χ0n) is 8.38. The van der Waals surface area contributed by atoms with Crippen molar-refractivity contribution in [1.82, 2.24) is 9.97 Å². The van der Waals surface area contributed by atoms with E-state index in [4.69, 9.17) is 9.84 Å². The zero-order chi connectivity index (χ0) is 10.8. The van der Waals surface area contributed by atoms with Crippen LogP contribution in [0.2, 0.25) is 0 Å². The number of ether oxygens (including phenoxy) is 1. The maximum absolute atomic E-state index is 10.7. The average molecular weight is 208 g/mol. The second-order valence-electron chi connectivity index (χ2n) is 3.62. The molecule has 0 spiro atoms. The van der Waals surface area contributed by atoms with Crippen LogP contribution in [0.4, 0.5) is 0 Å². The smallest absolute Gasteiger partial charge is 0.354 e. The largest absolute Gasteiger partial charge is 0.477 e. The molecular formula is C10H12N2O3. The van der Waals surface area contributed by atoms with Crippen LogP contribution in [0, 0.1) is 0 Å². The van der Waals surface area contributed by atoms with Gasteiger partial charge in [-0.05, 0) is 25.8 Å². The lowest BCUT2D eigenvalue weighted by atomic mass is 10.2. The van der Waals surface area contributed by atoms with Gasteiger partial charge in [-0.2, -0.15) is 0 Å². The van der Waals surface area contributed by atoms with E-state index in [-0.39, 0.29) is 17.9 Å². The minimum Gasteiger partial charge on any atom is -0.477 e. The first-order valence-electron chi connectivity index (χ1n) is 4.88. The maximum atomic E-state index is 10.7. The molecule has 1 N–H and O–H groups in total. The number of carboxylic acid groups (broad SMARTS) is 1. The Bertz CT molecular complexity index is 381. The van der Waals surface area contributed by atoms with Crippen LogP contribution >= 0.6 is 0 Å². The molecule has 0 saturated carbocycles. The molecule has 2 atom stereocenters. The predicted molar refractivity (Wildman–Crippen MR) is 51.5 cm³/mol. The number of aromatic nitrogens is 2. The average Bonchev–Trinajstić information content (AvgIpc) is 2.65. The number of aromatic carboxylic acids is 1. The SMILES string of the molecule is CC1CCC(c2nccc(C(=O)O)n2)O1. The monoisotopic (exact) mass is 208 g/mol. The molecule has 5 heteroatoms. The molecule has 1 aliphatic heterocycles. The number of carboxylic acids is 1. The number of hydrogen-bond acceptors (Lipinski definition) is 4. The summed E-state index contributed by atoms with van der Waals surface area (Å²) in [5.74, 6) is -0.566. The van der Waals surface area contributed by atoms with Gasteiger partial charge in [-0.25, -0.2) is 14.8 Å². The third-order valence-corrected chi connectivity index (χ3v) is 2.41. The number of rotatable bonds is 2. The fourth-order valence-corrected chi connectivity index (χ4v) is 1.64. The van der Waals surface area contributed by atoms with Crippen molar-refractivity contribution >= 4 is 5.97 Å². The molecule has 2 rings (SSSR count). The van der Waals surface area contributed by atoms with Gasteiger partial charge in [0.2, 0.25) is 0 Å². The Morgan fingerprint density at radius 3 is 3.00 bits per heavy atom. The van der Waals surface area contributed by atoms with Crippen molar-refractivity contribution in [2.45, 2.75) is 32.0 Å². The topological polar surface area (TPSA) is 72.3 Å². The lowest BCUT2D eigenvalue weighted by molar-refractivity contribution is 0.0498. The second-order valence-corrected chi connectivity index (χ2v) is 3.62. The predicted octanol–water partition coefficient (Wildman–Crippen LogP) is 1.41. The van der Waals surface area contributed by atoms with Gasteiger partial charge in [0, 0.05) is 6.20 Å². The molecule has 0 radical (unpaired) electrons. The Morgan fingerprint density at radius 2 is 2.40 bits per heavy atom. The van der Waals surface area contributed by atoms with E-state index in [0.717, 1.165) is 12.8 Å². The van der Waals surface area contributed by atoms with Crippen molar-refractivity contribution in [3.8, 4) is 0 Å². The first-order valence-corrected chi connectivity index (χ1v) is 4.88. The second kappa shape index (κ2) is 3.94. The lowest BCUT2D eigenvalue weighted by Gasteiger charge is -2.09. The van der Waals surface area contributed by atoms with Crippen LogP contribution in [0.15, 0.2) is 12.3 Å². The molecule has 2 heterocycles. The first-order chi connectivity index (χ1) is 7.16. The third-order valence-electron chi connectivity index (χ3n) is 2.41. The van der Waals surface area contributed by atoms with E-state index in [0.29, 0.717) is 5.82 Å². The maximum Gasteiger partial charge on any atom is 0.354 e. The summed E-state index contributed by atoms with van der Waals surface area (Å²) in [7, 11) is 0. The van der Waals surface area contributed by atoms with Gasteiger partial charge in [0.1, 0.15) is 6.10 Å². The summed E-state index contributed by atoms with van der Waals surface area (Å²) in [5, 5.41) is 8.77. The number of nitrogens with zero attached hydrogens (tertiary/aromatic N) is 2. The minimum absolute atomic E-state index is 0.0168. The lowest BCUT2D eigenvalue weighted by Crippen LogP contribution is -2.09. The fourth-order valence-electron chi connectivity index (χ4n) is 1.64. The molecule has 1 saturated heterocycles. The van der Waals surface area contributed by atoms with Gasteiger partial charge < -0.3 is 9.84 Å². The Morgan fingerprint density at radius 1 is 1.60 bits per heavy atom. The van der Waals surface area contributed by atoms with Gasteiger partial charge in [-0.1, -0.05) is 0 Å². The molecule has 0 bridgehead atoms. The Labute approximate surface area is 87.1 Å². The van der Waals surface area contributed by atoms with Crippen LogP contribution in [0.5, 0.6) is 0 Å². The molecule has 1 aromatic heterocycles. The van der Waals surface area contributed by atoms with E-state index in [9.17, 15) is 4.79 Å². The number of carbonyl (C=O) groups is 1. The molecule has 0 aromatic carbocycles. The van der Waals surface area contributed by atoms with Gasteiger partial charge in [0.25, 0.3) is 0 Å². The van der Waals surface area contributed by atoms with Gasteiger partial charge in [-0.15, -0.1) is 0 Å². The van der Waals surface area contributed by atoms with Crippen LogP contribution in [0.3, 0.4) is 0 Å². The summed E-state index contributed by atoms with van der Waals surface area (Å²) in [6, 6.07) is 1.38. The summed E-state index contributed by atoms with van der Waals surface area (Å²) in [5.41, 5.74) is 0.0168. The first kappa shape index (κ1) is 10.0. The summed E-state index contributed by atoms with van der Waals surface area (Å²) < 4.78 is 5.56. The third kappa shape index (κ3) is 2.12. The minimum atomic E-state index is -1.04. The summed E-state index contributed by atoms with van der Waals surface area (Å²) >= 11 is 0. The van der Waals surface area contributed by atoms with E-state index < -0.39 is 5.97 Å². The van der Waals surface area contributed by atoms with Gasteiger partial charge in [0.05, 0.1) is 6.10 Å².